The second-order valence-corrected chi connectivity index (χ2v) is 5.99. The maximum atomic E-state index is 6.25. The van der Waals surface area contributed by atoms with Crippen LogP contribution >= 0.6 is 0 Å². The molecule has 0 unspecified atom stereocenters. The van der Waals surface area contributed by atoms with Crippen molar-refractivity contribution in [1.82, 2.24) is 0 Å². The fraction of sp³-hybridized carbons (Fsp3) is 0.238. The lowest BCUT2D eigenvalue weighted by atomic mass is 9.93. The van der Waals surface area contributed by atoms with E-state index in [0.717, 1.165) is 24.0 Å². The van der Waals surface area contributed by atoms with Crippen molar-refractivity contribution in [3.8, 4) is 0 Å². The molecular formula is C21H20O. The van der Waals surface area contributed by atoms with Gasteiger partial charge in [0.25, 0.3) is 0 Å². The molecule has 0 aliphatic rings. The van der Waals surface area contributed by atoms with Crippen LogP contribution in [0.4, 0.5) is 0 Å². The second kappa shape index (κ2) is 4.88. The fourth-order valence-corrected chi connectivity index (χ4v) is 3.68. The Morgan fingerprint density at radius 2 is 1.64 bits per heavy atom. The summed E-state index contributed by atoms with van der Waals surface area (Å²) in [5, 5.41) is 5.10. The number of benzene rings is 3. The zero-order chi connectivity index (χ0) is 15.3. The Labute approximate surface area is 130 Å². The van der Waals surface area contributed by atoms with Crippen molar-refractivity contribution < 1.29 is 4.42 Å². The van der Waals surface area contributed by atoms with Crippen LogP contribution in [0, 0.1) is 6.92 Å². The van der Waals surface area contributed by atoms with Gasteiger partial charge in [-0.05, 0) is 54.0 Å². The van der Waals surface area contributed by atoms with Gasteiger partial charge in [0, 0.05) is 16.2 Å². The molecule has 0 aliphatic carbocycles. The van der Waals surface area contributed by atoms with Gasteiger partial charge >= 0.3 is 0 Å². The van der Waals surface area contributed by atoms with Crippen LogP contribution in [0.2, 0.25) is 0 Å². The van der Waals surface area contributed by atoms with E-state index < -0.39 is 0 Å². The van der Waals surface area contributed by atoms with E-state index >= 15 is 0 Å². The normalized spacial score (nSPS) is 11.8. The SMILES string of the molecule is CCc1ccc2oc3c4ccccc4c(CC)c(C)c3c2c1. The molecule has 0 aliphatic heterocycles. The minimum atomic E-state index is 0.994. The van der Waals surface area contributed by atoms with Gasteiger partial charge in [-0.3, -0.25) is 0 Å². The first-order chi connectivity index (χ1) is 10.7. The van der Waals surface area contributed by atoms with Crippen molar-refractivity contribution in [2.75, 3.05) is 0 Å². The van der Waals surface area contributed by atoms with Crippen LogP contribution in [0.5, 0.6) is 0 Å². The highest BCUT2D eigenvalue weighted by atomic mass is 16.3. The number of fused-ring (bicyclic) bond motifs is 5. The standard InChI is InChI=1S/C21H20O/c1-4-14-10-11-19-18(12-14)20-13(3)15(5-2)16-8-6-7-9-17(16)21(20)22-19/h6-12H,4-5H2,1-3H3. The van der Waals surface area contributed by atoms with Crippen molar-refractivity contribution >= 4 is 32.7 Å². The van der Waals surface area contributed by atoms with Crippen LogP contribution in [0.1, 0.15) is 30.5 Å². The van der Waals surface area contributed by atoms with Crippen molar-refractivity contribution in [2.45, 2.75) is 33.6 Å². The maximum absolute atomic E-state index is 6.25. The summed E-state index contributed by atoms with van der Waals surface area (Å²) in [5.74, 6) is 0. The first kappa shape index (κ1) is 13.4. The summed E-state index contributed by atoms with van der Waals surface area (Å²) in [5.41, 5.74) is 6.19. The largest absolute Gasteiger partial charge is 0.455 e. The molecule has 0 bridgehead atoms. The number of hydrogen-bond donors (Lipinski definition) is 0. The predicted molar refractivity (Wildman–Crippen MR) is 94.7 cm³/mol. The smallest absolute Gasteiger partial charge is 0.143 e. The highest BCUT2D eigenvalue weighted by molar-refractivity contribution is 6.17. The van der Waals surface area contributed by atoms with E-state index in [0.29, 0.717) is 0 Å². The van der Waals surface area contributed by atoms with Gasteiger partial charge in [-0.1, -0.05) is 44.2 Å². The fourth-order valence-electron chi connectivity index (χ4n) is 3.68. The Morgan fingerprint density at radius 1 is 0.864 bits per heavy atom. The van der Waals surface area contributed by atoms with Crippen molar-refractivity contribution in [3.63, 3.8) is 0 Å². The number of rotatable bonds is 2. The van der Waals surface area contributed by atoms with Crippen LogP contribution in [-0.2, 0) is 12.8 Å². The summed E-state index contributed by atoms with van der Waals surface area (Å²) in [6.45, 7) is 6.67. The predicted octanol–water partition coefficient (Wildman–Crippen LogP) is 6.17. The summed E-state index contributed by atoms with van der Waals surface area (Å²) in [6, 6.07) is 15.2. The summed E-state index contributed by atoms with van der Waals surface area (Å²) in [4.78, 5) is 0. The average molecular weight is 288 g/mol. The van der Waals surface area contributed by atoms with Gasteiger partial charge in [-0.2, -0.15) is 0 Å². The van der Waals surface area contributed by atoms with Gasteiger partial charge in [0.05, 0.1) is 0 Å². The maximum Gasteiger partial charge on any atom is 0.143 e. The molecule has 0 amide bonds. The molecule has 110 valence electrons. The van der Waals surface area contributed by atoms with E-state index in [1.54, 1.807) is 0 Å². The van der Waals surface area contributed by atoms with Gasteiger partial charge in [-0.25, -0.2) is 0 Å². The third-order valence-electron chi connectivity index (χ3n) is 4.84. The minimum absolute atomic E-state index is 0.994. The first-order valence-electron chi connectivity index (χ1n) is 8.09. The zero-order valence-corrected chi connectivity index (χ0v) is 13.4. The summed E-state index contributed by atoms with van der Waals surface area (Å²) < 4.78 is 6.25. The van der Waals surface area contributed by atoms with Crippen LogP contribution in [-0.4, -0.2) is 0 Å². The molecule has 1 nitrogen and oxygen atoms in total. The van der Waals surface area contributed by atoms with E-state index in [2.05, 4.69) is 63.2 Å². The molecule has 0 atom stereocenters. The summed E-state index contributed by atoms with van der Waals surface area (Å²) >= 11 is 0. The Kier molecular flexibility index (Phi) is 2.97. The molecular weight excluding hydrogens is 268 g/mol. The number of aryl methyl sites for hydroxylation is 3. The highest BCUT2D eigenvalue weighted by Gasteiger charge is 2.16. The topological polar surface area (TPSA) is 13.1 Å². The molecule has 0 saturated carbocycles. The number of hydrogen-bond acceptors (Lipinski definition) is 1. The summed E-state index contributed by atoms with van der Waals surface area (Å²) in [6.07, 6.45) is 2.10. The lowest BCUT2D eigenvalue weighted by Gasteiger charge is -2.10. The first-order valence-corrected chi connectivity index (χ1v) is 8.09. The molecule has 0 radical (unpaired) electrons. The third-order valence-corrected chi connectivity index (χ3v) is 4.84. The molecule has 4 rings (SSSR count). The second-order valence-electron chi connectivity index (χ2n) is 5.99. The van der Waals surface area contributed by atoms with E-state index in [4.69, 9.17) is 4.42 Å². The Bertz CT molecular complexity index is 1000. The number of furan rings is 1. The van der Waals surface area contributed by atoms with Gasteiger partial charge in [-0.15, -0.1) is 0 Å². The minimum Gasteiger partial charge on any atom is -0.455 e. The van der Waals surface area contributed by atoms with Gasteiger partial charge in [0.15, 0.2) is 0 Å². The van der Waals surface area contributed by atoms with Gasteiger partial charge in [0.2, 0.25) is 0 Å². The summed E-state index contributed by atoms with van der Waals surface area (Å²) in [7, 11) is 0. The van der Waals surface area contributed by atoms with E-state index in [1.807, 2.05) is 0 Å². The molecule has 0 fully saturated rings. The van der Waals surface area contributed by atoms with Gasteiger partial charge in [0.1, 0.15) is 11.2 Å². The lowest BCUT2D eigenvalue weighted by molar-refractivity contribution is 0.672. The molecule has 0 spiro atoms. The Hall–Kier alpha value is -2.28. The average Bonchev–Trinajstić information content (AvgIpc) is 2.94. The third kappa shape index (κ3) is 1.72. The Morgan fingerprint density at radius 3 is 2.36 bits per heavy atom. The van der Waals surface area contributed by atoms with Crippen molar-refractivity contribution in [3.05, 3.63) is 59.2 Å². The van der Waals surface area contributed by atoms with Crippen LogP contribution in [0.3, 0.4) is 0 Å². The van der Waals surface area contributed by atoms with Crippen molar-refractivity contribution in [2.24, 2.45) is 0 Å². The van der Waals surface area contributed by atoms with Crippen molar-refractivity contribution in [1.29, 1.82) is 0 Å². The molecule has 1 heteroatoms. The van der Waals surface area contributed by atoms with E-state index in [-0.39, 0.29) is 0 Å². The molecule has 22 heavy (non-hydrogen) atoms. The monoisotopic (exact) mass is 288 g/mol. The molecule has 3 aromatic carbocycles. The highest BCUT2D eigenvalue weighted by Crippen LogP contribution is 2.39. The van der Waals surface area contributed by atoms with Crippen LogP contribution < -0.4 is 0 Å². The quantitative estimate of drug-likeness (QED) is 0.429. The molecule has 1 heterocycles. The van der Waals surface area contributed by atoms with E-state index in [1.165, 1.54) is 38.2 Å². The van der Waals surface area contributed by atoms with Gasteiger partial charge < -0.3 is 4.42 Å². The zero-order valence-electron chi connectivity index (χ0n) is 13.4. The molecule has 1 aromatic heterocycles. The Balaban J connectivity index is 2.29. The lowest BCUT2D eigenvalue weighted by Crippen LogP contribution is -1.90. The van der Waals surface area contributed by atoms with Crippen LogP contribution in [0.15, 0.2) is 46.9 Å². The molecule has 0 N–H and O–H groups in total. The molecule has 4 aromatic rings. The molecule has 0 saturated heterocycles. The van der Waals surface area contributed by atoms with E-state index in [9.17, 15) is 0 Å². The van der Waals surface area contributed by atoms with Crippen LogP contribution in [0.25, 0.3) is 32.7 Å².